The zero-order valence-electron chi connectivity index (χ0n) is 26.6. The number of carbonyl (C=O) groups excluding carboxylic acids is 2. The van der Waals surface area contributed by atoms with Gasteiger partial charge in [-0.05, 0) is 25.4 Å². The Balaban J connectivity index is 1.20. The van der Waals surface area contributed by atoms with Crippen LogP contribution in [0.1, 0.15) is 37.1 Å². The van der Waals surface area contributed by atoms with Crippen molar-refractivity contribution in [2.24, 2.45) is 0 Å². The second-order valence-electron chi connectivity index (χ2n) is 11.6. The SMILES string of the molecule is CSc1nc(-c2cccc(-c3cccc(-c4cnc(CNC[C@@H]5CCC(=O)N5)c(SC)n4)c3Cl)c2Cl)cnc1CNC[C@@H]1CCC(=O)N1. The predicted octanol–water partition coefficient (Wildman–Crippen LogP) is 5.75. The number of carbonyl (C=O) groups is 2. The lowest BCUT2D eigenvalue weighted by Crippen LogP contribution is -2.35. The fourth-order valence-electron chi connectivity index (χ4n) is 5.89. The van der Waals surface area contributed by atoms with E-state index in [1.807, 2.05) is 48.9 Å². The molecular weight excluding hydrogens is 687 g/mol. The Kier molecular flexibility index (Phi) is 11.5. The monoisotopic (exact) mass is 722 g/mol. The van der Waals surface area contributed by atoms with Gasteiger partial charge in [0, 0.05) is 73.4 Å². The van der Waals surface area contributed by atoms with E-state index in [4.69, 9.17) is 43.1 Å². The van der Waals surface area contributed by atoms with Crippen LogP contribution in [0.2, 0.25) is 10.0 Å². The van der Waals surface area contributed by atoms with Crippen molar-refractivity contribution in [2.75, 3.05) is 25.6 Å². The number of nitrogens with one attached hydrogen (secondary N) is 4. The summed E-state index contributed by atoms with van der Waals surface area (Å²) in [6.45, 7) is 2.46. The molecule has 0 spiro atoms. The lowest BCUT2D eigenvalue weighted by molar-refractivity contribution is -0.120. The molecule has 0 aliphatic carbocycles. The highest BCUT2D eigenvalue weighted by Gasteiger charge is 2.22. The summed E-state index contributed by atoms with van der Waals surface area (Å²) in [5.74, 6) is 0.209. The first-order valence-corrected chi connectivity index (χ1v) is 18.9. The van der Waals surface area contributed by atoms with Gasteiger partial charge in [-0.1, -0.05) is 59.6 Å². The highest BCUT2D eigenvalue weighted by molar-refractivity contribution is 7.98. The molecule has 0 bridgehead atoms. The summed E-state index contributed by atoms with van der Waals surface area (Å²) in [6, 6.07) is 11.9. The van der Waals surface area contributed by atoms with Crippen molar-refractivity contribution in [1.29, 1.82) is 0 Å². The van der Waals surface area contributed by atoms with Crippen LogP contribution in [0.15, 0.2) is 58.8 Å². The van der Waals surface area contributed by atoms with Crippen LogP contribution in [0.3, 0.4) is 0 Å². The van der Waals surface area contributed by atoms with Gasteiger partial charge in [0.05, 0.1) is 45.2 Å². The Labute approximate surface area is 298 Å². The molecule has 2 aromatic heterocycles. The van der Waals surface area contributed by atoms with Gasteiger partial charge in [-0.15, -0.1) is 23.5 Å². The van der Waals surface area contributed by atoms with Gasteiger partial charge in [0.2, 0.25) is 11.8 Å². The lowest BCUT2D eigenvalue weighted by atomic mass is 9.98. The third kappa shape index (κ3) is 7.96. The zero-order chi connectivity index (χ0) is 33.6. The standard InChI is InChI=1S/C34H36Cl2N8O2S2/c1-47-33-27(15-37-13-19-9-11-29(45)41-19)39-17-25(43-33)23-7-3-5-21(31(23)35)22-6-4-8-24(32(22)36)26-18-40-28(34(44-26)48-2)16-38-14-20-10-12-30(46)42-20/h3-8,17-20,37-38H,9-16H2,1-2H3,(H,41,45)(H,42,46)/t19-,20-/m0/s1. The van der Waals surface area contributed by atoms with E-state index in [1.165, 1.54) is 23.5 Å². The van der Waals surface area contributed by atoms with E-state index >= 15 is 0 Å². The number of rotatable bonds is 13. The Hall–Kier alpha value is -3.26. The zero-order valence-corrected chi connectivity index (χ0v) is 29.8. The van der Waals surface area contributed by atoms with E-state index in [1.54, 1.807) is 12.4 Å². The van der Waals surface area contributed by atoms with Crippen molar-refractivity contribution in [3.05, 3.63) is 70.2 Å². The van der Waals surface area contributed by atoms with Crippen molar-refractivity contribution in [2.45, 2.75) is 60.9 Å². The summed E-state index contributed by atoms with van der Waals surface area (Å²) in [7, 11) is 0. The molecule has 2 amide bonds. The highest BCUT2D eigenvalue weighted by atomic mass is 35.5. The Morgan fingerprint density at radius 3 is 1.50 bits per heavy atom. The van der Waals surface area contributed by atoms with Gasteiger partial charge in [-0.3, -0.25) is 19.6 Å². The van der Waals surface area contributed by atoms with Crippen LogP contribution < -0.4 is 21.3 Å². The molecule has 10 nitrogen and oxygen atoms in total. The Morgan fingerprint density at radius 2 is 1.12 bits per heavy atom. The minimum absolute atomic E-state index is 0.105. The molecule has 2 aromatic carbocycles. The number of hydrogen-bond donors (Lipinski definition) is 4. The summed E-state index contributed by atoms with van der Waals surface area (Å²) in [6.07, 6.45) is 10.3. The van der Waals surface area contributed by atoms with Gasteiger partial charge in [0.15, 0.2) is 0 Å². The average molecular weight is 724 g/mol. The number of thioether (sulfide) groups is 2. The molecule has 0 saturated carbocycles. The van der Waals surface area contributed by atoms with Crippen LogP contribution in [0.25, 0.3) is 33.6 Å². The van der Waals surface area contributed by atoms with Gasteiger partial charge in [-0.25, -0.2) is 9.97 Å². The molecule has 2 fully saturated rings. The minimum atomic E-state index is 0.105. The number of amides is 2. The van der Waals surface area contributed by atoms with E-state index in [2.05, 4.69) is 21.3 Å². The lowest BCUT2D eigenvalue weighted by Gasteiger charge is -2.15. The first-order valence-electron chi connectivity index (χ1n) is 15.7. The van der Waals surface area contributed by atoms with Crippen molar-refractivity contribution < 1.29 is 9.59 Å². The maximum Gasteiger partial charge on any atom is 0.220 e. The number of halogens is 2. The molecule has 4 N–H and O–H groups in total. The minimum Gasteiger partial charge on any atom is -0.352 e. The van der Waals surface area contributed by atoms with Crippen LogP contribution >= 0.6 is 46.7 Å². The van der Waals surface area contributed by atoms with Crippen molar-refractivity contribution in [3.63, 3.8) is 0 Å². The number of benzene rings is 2. The summed E-state index contributed by atoms with van der Waals surface area (Å²) in [5, 5.41) is 15.4. The van der Waals surface area contributed by atoms with Crippen molar-refractivity contribution >= 4 is 58.5 Å². The predicted molar refractivity (Wildman–Crippen MR) is 193 cm³/mol. The van der Waals surface area contributed by atoms with E-state index in [0.29, 0.717) is 60.5 Å². The van der Waals surface area contributed by atoms with Crippen LogP contribution in [0, 0.1) is 0 Å². The fraction of sp³-hybridized carbons (Fsp3) is 0.353. The van der Waals surface area contributed by atoms with E-state index in [9.17, 15) is 9.59 Å². The smallest absolute Gasteiger partial charge is 0.220 e. The van der Waals surface area contributed by atoms with Gasteiger partial charge in [0.1, 0.15) is 10.1 Å². The fourth-order valence-corrected chi connectivity index (χ4v) is 7.64. The molecule has 0 radical (unpaired) electrons. The van der Waals surface area contributed by atoms with E-state index in [0.717, 1.165) is 56.5 Å². The Morgan fingerprint density at radius 1 is 0.708 bits per heavy atom. The topological polar surface area (TPSA) is 134 Å². The molecular formula is C34H36Cl2N8O2S2. The van der Waals surface area contributed by atoms with Gasteiger partial charge in [-0.2, -0.15) is 0 Å². The number of hydrogen-bond acceptors (Lipinski definition) is 10. The molecule has 0 unspecified atom stereocenters. The van der Waals surface area contributed by atoms with Gasteiger partial charge < -0.3 is 21.3 Å². The van der Waals surface area contributed by atoms with E-state index in [-0.39, 0.29) is 23.9 Å². The summed E-state index contributed by atoms with van der Waals surface area (Å²) < 4.78 is 0. The first kappa shape index (κ1) is 34.6. The Bertz CT molecular complexity index is 1700. The average Bonchev–Trinajstić information content (AvgIpc) is 3.72. The molecule has 2 aliphatic rings. The van der Waals surface area contributed by atoms with E-state index < -0.39 is 0 Å². The first-order chi connectivity index (χ1) is 23.3. The highest BCUT2D eigenvalue weighted by Crippen LogP contribution is 2.42. The molecule has 2 atom stereocenters. The maximum atomic E-state index is 11.5. The third-order valence-electron chi connectivity index (χ3n) is 8.39. The second-order valence-corrected chi connectivity index (χ2v) is 14.0. The molecule has 48 heavy (non-hydrogen) atoms. The summed E-state index contributed by atoms with van der Waals surface area (Å²) in [4.78, 5) is 42.3. The molecule has 4 heterocycles. The van der Waals surface area contributed by atoms with Crippen molar-refractivity contribution in [1.82, 2.24) is 41.2 Å². The van der Waals surface area contributed by atoms with Gasteiger partial charge >= 0.3 is 0 Å². The number of nitrogens with zero attached hydrogens (tertiary/aromatic N) is 4. The van der Waals surface area contributed by atoms with Crippen LogP contribution in [0.5, 0.6) is 0 Å². The molecule has 14 heteroatoms. The normalized spacial score (nSPS) is 17.5. The maximum absolute atomic E-state index is 11.5. The number of aromatic nitrogens is 4. The largest absolute Gasteiger partial charge is 0.352 e. The molecule has 2 aliphatic heterocycles. The molecule has 2 saturated heterocycles. The molecule has 4 aromatic rings. The summed E-state index contributed by atoms with van der Waals surface area (Å²) in [5.41, 5.74) is 6.07. The quantitative estimate of drug-likeness (QED) is 0.126. The molecule has 250 valence electrons. The summed E-state index contributed by atoms with van der Waals surface area (Å²) >= 11 is 17.2. The van der Waals surface area contributed by atoms with Crippen LogP contribution in [-0.4, -0.2) is 69.4 Å². The van der Waals surface area contributed by atoms with Crippen LogP contribution in [0.4, 0.5) is 0 Å². The second kappa shape index (κ2) is 16.0. The van der Waals surface area contributed by atoms with Crippen LogP contribution in [-0.2, 0) is 22.7 Å². The van der Waals surface area contributed by atoms with Crippen molar-refractivity contribution in [3.8, 4) is 33.6 Å². The molecule has 6 rings (SSSR count). The third-order valence-corrected chi connectivity index (χ3v) is 10.6. The van der Waals surface area contributed by atoms with Gasteiger partial charge in [0.25, 0.3) is 0 Å².